The summed E-state index contributed by atoms with van der Waals surface area (Å²) in [7, 11) is 0. The number of nitrogens with zero attached hydrogens (tertiary/aromatic N) is 1. The number of hydrogen-bond donors (Lipinski definition) is 0. The van der Waals surface area contributed by atoms with Crippen molar-refractivity contribution < 1.29 is 4.79 Å². The zero-order chi connectivity index (χ0) is 12.1. The average molecular weight is 229 g/mol. The number of carbonyl (C=O) groups excluding carboxylic acids is 1. The maximum atomic E-state index is 12.4. The molecule has 1 aliphatic rings. The van der Waals surface area contributed by atoms with Gasteiger partial charge < -0.3 is 4.90 Å². The van der Waals surface area contributed by atoms with E-state index in [1.165, 1.54) is 12.8 Å². The molecule has 1 saturated carbocycles. The molecule has 1 fully saturated rings. The van der Waals surface area contributed by atoms with E-state index in [1.54, 1.807) is 6.08 Å². The van der Waals surface area contributed by atoms with Crippen molar-refractivity contribution in [1.29, 1.82) is 0 Å². The van der Waals surface area contributed by atoms with Crippen LogP contribution in [0.15, 0.2) is 43.0 Å². The van der Waals surface area contributed by atoms with Gasteiger partial charge in [0.1, 0.15) is 0 Å². The summed E-state index contributed by atoms with van der Waals surface area (Å²) in [6, 6.07) is 9.86. The number of hydrogen-bond acceptors (Lipinski definition) is 1. The van der Waals surface area contributed by atoms with Gasteiger partial charge in [-0.1, -0.05) is 37.1 Å². The van der Waals surface area contributed by atoms with Gasteiger partial charge in [0.2, 0.25) is 5.91 Å². The van der Waals surface area contributed by atoms with E-state index in [1.807, 2.05) is 35.2 Å². The number of rotatable bonds is 4. The van der Waals surface area contributed by atoms with Gasteiger partial charge in [0.25, 0.3) is 0 Å². The van der Waals surface area contributed by atoms with Crippen LogP contribution in [0, 0.1) is 5.92 Å². The van der Waals surface area contributed by atoms with Crippen LogP contribution in [-0.2, 0) is 4.79 Å². The predicted molar refractivity (Wildman–Crippen MR) is 71.0 cm³/mol. The fourth-order valence-corrected chi connectivity index (χ4v) is 2.45. The summed E-state index contributed by atoms with van der Waals surface area (Å²) in [5.41, 5.74) is 0.976. The molecule has 2 heteroatoms. The Kier molecular flexibility index (Phi) is 3.97. The second-order valence-electron chi connectivity index (χ2n) is 4.55. The van der Waals surface area contributed by atoms with Gasteiger partial charge in [-0.25, -0.2) is 0 Å². The maximum absolute atomic E-state index is 12.4. The normalized spacial score (nSPS) is 15.8. The average Bonchev–Trinajstić information content (AvgIpc) is 2.90. The summed E-state index contributed by atoms with van der Waals surface area (Å²) < 4.78 is 0. The summed E-state index contributed by atoms with van der Waals surface area (Å²) in [6.45, 7) is 4.34. The molecule has 90 valence electrons. The standard InChI is InChI=1S/C15H19NO/c1-2-12-16(14-10-4-3-5-11-14)15(17)13-8-6-7-9-13/h2-5,10-11,13H,1,6-9,12H2. The number of amides is 1. The van der Waals surface area contributed by atoms with Crippen molar-refractivity contribution in [2.24, 2.45) is 5.92 Å². The predicted octanol–water partition coefficient (Wildman–Crippen LogP) is 3.40. The van der Waals surface area contributed by atoms with Crippen LogP contribution in [0.25, 0.3) is 0 Å². The van der Waals surface area contributed by atoms with Gasteiger partial charge >= 0.3 is 0 Å². The first kappa shape index (κ1) is 11.9. The molecule has 0 N–H and O–H groups in total. The topological polar surface area (TPSA) is 20.3 Å². The smallest absolute Gasteiger partial charge is 0.230 e. The molecule has 17 heavy (non-hydrogen) atoms. The molecule has 0 spiro atoms. The molecule has 0 unspecified atom stereocenters. The summed E-state index contributed by atoms with van der Waals surface area (Å²) in [6.07, 6.45) is 6.25. The van der Waals surface area contributed by atoms with E-state index in [0.717, 1.165) is 18.5 Å². The van der Waals surface area contributed by atoms with Crippen LogP contribution in [0.1, 0.15) is 25.7 Å². The van der Waals surface area contributed by atoms with E-state index in [9.17, 15) is 4.79 Å². The second kappa shape index (κ2) is 5.67. The Morgan fingerprint density at radius 1 is 1.29 bits per heavy atom. The highest BCUT2D eigenvalue weighted by atomic mass is 16.2. The largest absolute Gasteiger partial charge is 0.308 e. The number of carbonyl (C=O) groups is 1. The van der Waals surface area contributed by atoms with Gasteiger partial charge in [-0.2, -0.15) is 0 Å². The van der Waals surface area contributed by atoms with Gasteiger partial charge in [-0.15, -0.1) is 6.58 Å². The minimum atomic E-state index is 0.218. The first-order chi connectivity index (χ1) is 8.33. The van der Waals surface area contributed by atoms with E-state index < -0.39 is 0 Å². The molecule has 1 aliphatic carbocycles. The van der Waals surface area contributed by atoms with E-state index >= 15 is 0 Å². The third-order valence-electron chi connectivity index (χ3n) is 3.35. The monoisotopic (exact) mass is 229 g/mol. The third kappa shape index (κ3) is 2.76. The quantitative estimate of drug-likeness (QED) is 0.725. The molecule has 0 radical (unpaired) electrons. The van der Waals surface area contributed by atoms with Crippen molar-refractivity contribution in [3.05, 3.63) is 43.0 Å². The molecule has 2 nitrogen and oxygen atoms in total. The van der Waals surface area contributed by atoms with Gasteiger partial charge in [-0.3, -0.25) is 4.79 Å². The van der Waals surface area contributed by atoms with Crippen LogP contribution in [0.4, 0.5) is 5.69 Å². The SMILES string of the molecule is C=CCN(C(=O)C1CCCC1)c1ccccc1. The zero-order valence-electron chi connectivity index (χ0n) is 10.1. The highest BCUT2D eigenvalue weighted by Crippen LogP contribution is 2.28. The number of benzene rings is 1. The fourth-order valence-electron chi connectivity index (χ4n) is 2.45. The summed E-state index contributed by atoms with van der Waals surface area (Å²) in [4.78, 5) is 14.3. The van der Waals surface area contributed by atoms with Crippen LogP contribution in [0.2, 0.25) is 0 Å². The molecule has 0 saturated heterocycles. The number of anilines is 1. The summed E-state index contributed by atoms with van der Waals surface area (Å²) >= 11 is 0. The maximum Gasteiger partial charge on any atom is 0.230 e. The van der Waals surface area contributed by atoms with E-state index in [-0.39, 0.29) is 11.8 Å². The Bertz CT molecular complexity index is 379. The first-order valence-corrected chi connectivity index (χ1v) is 6.30. The van der Waals surface area contributed by atoms with Crippen molar-refractivity contribution in [1.82, 2.24) is 0 Å². The third-order valence-corrected chi connectivity index (χ3v) is 3.35. The zero-order valence-corrected chi connectivity index (χ0v) is 10.1. The van der Waals surface area contributed by atoms with Crippen molar-refractivity contribution in [2.75, 3.05) is 11.4 Å². The second-order valence-corrected chi connectivity index (χ2v) is 4.55. The minimum Gasteiger partial charge on any atom is -0.308 e. The molecule has 0 aliphatic heterocycles. The van der Waals surface area contributed by atoms with Crippen LogP contribution >= 0.6 is 0 Å². The molecule has 2 rings (SSSR count). The Morgan fingerprint density at radius 3 is 2.53 bits per heavy atom. The van der Waals surface area contributed by atoms with Gasteiger partial charge in [0, 0.05) is 18.2 Å². The van der Waals surface area contributed by atoms with E-state index in [0.29, 0.717) is 6.54 Å². The minimum absolute atomic E-state index is 0.218. The first-order valence-electron chi connectivity index (χ1n) is 6.30. The highest BCUT2D eigenvalue weighted by molar-refractivity contribution is 5.95. The Hall–Kier alpha value is -1.57. The van der Waals surface area contributed by atoms with E-state index in [4.69, 9.17) is 0 Å². The highest BCUT2D eigenvalue weighted by Gasteiger charge is 2.27. The van der Waals surface area contributed by atoms with Crippen molar-refractivity contribution in [3.8, 4) is 0 Å². The molecule has 0 atom stereocenters. The lowest BCUT2D eigenvalue weighted by atomic mass is 10.1. The molecule has 0 bridgehead atoms. The molecule has 0 heterocycles. The lowest BCUT2D eigenvalue weighted by Crippen LogP contribution is -2.35. The van der Waals surface area contributed by atoms with Crippen LogP contribution in [0.3, 0.4) is 0 Å². The Labute approximate surface area is 103 Å². The summed E-state index contributed by atoms with van der Waals surface area (Å²) in [5, 5.41) is 0. The number of para-hydroxylation sites is 1. The molecule has 0 aromatic heterocycles. The van der Waals surface area contributed by atoms with Crippen LogP contribution in [0.5, 0.6) is 0 Å². The van der Waals surface area contributed by atoms with Crippen LogP contribution < -0.4 is 4.90 Å². The summed E-state index contributed by atoms with van der Waals surface area (Å²) in [5.74, 6) is 0.476. The van der Waals surface area contributed by atoms with Gasteiger partial charge in [0.15, 0.2) is 0 Å². The Balaban J connectivity index is 2.16. The fraction of sp³-hybridized carbons (Fsp3) is 0.400. The molecule has 1 aromatic carbocycles. The van der Waals surface area contributed by atoms with Crippen molar-refractivity contribution in [2.45, 2.75) is 25.7 Å². The lowest BCUT2D eigenvalue weighted by molar-refractivity contribution is -0.122. The molecular formula is C15H19NO. The van der Waals surface area contributed by atoms with Crippen LogP contribution in [-0.4, -0.2) is 12.5 Å². The van der Waals surface area contributed by atoms with Crippen molar-refractivity contribution >= 4 is 11.6 Å². The van der Waals surface area contributed by atoms with Crippen molar-refractivity contribution in [3.63, 3.8) is 0 Å². The van der Waals surface area contributed by atoms with E-state index in [2.05, 4.69) is 6.58 Å². The molecular weight excluding hydrogens is 210 g/mol. The van der Waals surface area contributed by atoms with Gasteiger partial charge in [-0.05, 0) is 25.0 Å². The molecule has 1 amide bonds. The lowest BCUT2D eigenvalue weighted by Gasteiger charge is -2.24. The van der Waals surface area contributed by atoms with Gasteiger partial charge in [0.05, 0.1) is 0 Å². The Morgan fingerprint density at radius 2 is 1.94 bits per heavy atom. The molecule has 1 aromatic rings.